The molecule has 1 fully saturated rings. The maximum Gasteiger partial charge on any atom is 0.390 e. The van der Waals surface area contributed by atoms with E-state index in [4.69, 9.17) is 0 Å². The SMILES string of the molecule is Cl.FC(F)(F)C[C@@H](c1ccc2ccc3cccc4ccc1c2c34)N1CCNCC1. The highest BCUT2D eigenvalue weighted by Gasteiger charge is 2.36. The third kappa shape index (κ3) is 3.63. The Bertz CT molecular complexity index is 1120. The lowest BCUT2D eigenvalue weighted by Crippen LogP contribution is -2.46. The van der Waals surface area contributed by atoms with Gasteiger partial charge in [0, 0.05) is 32.2 Å². The van der Waals surface area contributed by atoms with Gasteiger partial charge in [0.1, 0.15) is 0 Å². The van der Waals surface area contributed by atoms with E-state index in [2.05, 4.69) is 29.6 Å². The van der Waals surface area contributed by atoms with Crippen molar-refractivity contribution >= 4 is 44.7 Å². The maximum absolute atomic E-state index is 13.5. The first-order chi connectivity index (χ1) is 13.5. The fourth-order valence-corrected chi connectivity index (χ4v) is 4.70. The minimum absolute atomic E-state index is 0. The van der Waals surface area contributed by atoms with Gasteiger partial charge in [-0.2, -0.15) is 13.2 Å². The Hall–Kier alpha value is -2.08. The highest BCUT2D eigenvalue weighted by Crippen LogP contribution is 2.41. The zero-order valence-electron chi connectivity index (χ0n) is 15.8. The summed E-state index contributed by atoms with van der Waals surface area (Å²) in [5.41, 5.74) is 0.782. The van der Waals surface area contributed by atoms with E-state index in [1.165, 1.54) is 0 Å². The molecule has 0 radical (unpaired) electrons. The van der Waals surface area contributed by atoms with Gasteiger partial charge in [-0.15, -0.1) is 12.4 Å². The molecule has 6 heteroatoms. The Kier molecular flexibility index (Phi) is 5.32. The number of rotatable bonds is 3. The van der Waals surface area contributed by atoms with E-state index in [0.29, 0.717) is 13.1 Å². The molecule has 0 aromatic heterocycles. The van der Waals surface area contributed by atoms with Crippen LogP contribution in [0.25, 0.3) is 32.3 Å². The third-order valence-corrected chi connectivity index (χ3v) is 5.94. The van der Waals surface area contributed by atoms with Gasteiger partial charge in [0.15, 0.2) is 0 Å². The van der Waals surface area contributed by atoms with Crippen LogP contribution < -0.4 is 5.32 Å². The average Bonchev–Trinajstić information content (AvgIpc) is 2.70. The molecule has 0 bridgehead atoms. The minimum atomic E-state index is -4.21. The standard InChI is InChI=1S/C23H21F3N2.ClH/c24-23(25,26)14-20(28-12-10-27-11-13-28)18-8-6-17-5-4-15-2-1-3-16-7-9-19(18)22(17)21(15)16;/h1-9,20,27H,10-14H2;1H/t20-;/m0./s1. The molecule has 2 nitrogen and oxygen atoms in total. The lowest BCUT2D eigenvalue weighted by atomic mass is 9.88. The summed E-state index contributed by atoms with van der Waals surface area (Å²) in [5, 5.41) is 9.73. The predicted molar refractivity (Wildman–Crippen MR) is 115 cm³/mol. The van der Waals surface area contributed by atoms with Crippen molar-refractivity contribution in [1.82, 2.24) is 10.2 Å². The molecule has 29 heavy (non-hydrogen) atoms. The molecule has 0 amide bonds. The van der Waals surface area contributed by atoms with Crippen molar-refractivity contribution < 1.29 is 13.2 Å². The summed E-state index contributed by atoms with van der Waals surface area (Å²) in [6, 6.07) is 17.6. The van der Waals surface area contributed by atoms with E-state index in [1.807, 2.05) is 35.2 Å². The molecule has 0 spiro atoms. The molecule has 1 saturated heterocycles. The summed E-state index contributed by atoms with van der Waals surface area (Å²) in [6.45, 7) is 2.70. The average molecular weight is 419 g/mol. The van der Waals surface area contributed by atoms with Gasteiger partial charge in [-0.25, -0.2) is 0 Å². The third-order valence-electron chi connectivity index (χ3n) is 5.94. The van der Waals surface area contributed by atoms with E-state index < -0.39 is 18.6 Å². The van der Waals surface area contributed by atoms with E-state index in [1.54, 1.807) is 0 Å². The maximum atomic E-state index is 13.5. The van der Waals surface area contributed by atoms with Gasteiger partial charge in [-0.3, -0.25) is 4.90 Å². The molecule has 0 aliphatic carbocycles. The molecule has 4 aromatic carbocycles. The van der Waals surface area contributed by atoms with E-state index in [9.17, 15) is 13.2 Å². The summed E-state index contributed by atoms with van der Waals surface area (Å²) < 4.78 is 40.5. The molecule has 5 rings (SSSR count). The van der Waals surface area contributed by atoms with Crippen LogP contribution in [-0.2, 0) is 0 Å². The first kappa shape index (κ1) is 20.2. The molecule has 1 atom stereocenters. The first-order valence-electron chi connectivity index (χ1n) is 9.69. The van der Waals surface area contributed by atoms with Gasteiger partial charge < -0.3 is 5.32 Å². The van der Waals surface area contributed by atoms with Crippen LogP contribution in [0.4, 0.5) is 13.2 Å². The van der Waals surface area contributed by atoms with Crippen LogP contribution in [-0.4, -0.2) is 37.3 Å². The van der Waals surface area contributed by atoms with E-state index >= 15 is 0 Å². The summed E-state index contributed by atoms with van der Waals surface area (Å²) in [7, 11) is 0. The van der Waals surface area contributed by atoms with Crippen LogP contribution in [0.1, 0.15) is 18.0 Å². The highest BCUT2D eigenvalue weighted by molar-refractivity contribution is 6.23. The van der Waals surface area contributed by atoms with Crippen molar-refractivity contribution in [1.29, 1.82) is 0 Å². The summed E-state index contributed by atoms with van der Waals surface area (Å²) in [6.07, 6.45) is -5.03. The molecule has 1 heterocycles. The minimum Gasteiger partial charge on any atom is -0.314 e. The Balaban J connectivity index is 0.00000205. The quantitative estimate of drug-likeness (QED) is 0.416. The van der Waals surface area contributed by atoms with Crippen molar-refractivity contribution in [3.63, 3.8) is 0 Å². The second-order valence-corrected chi connectivity index (χ2v) is 7.63. The van der Waals surface area contributed by atoms with Crippen molar-refractivity contribution in [3.8, 4) is 0 Å². The van der Waals surface area contributed by atoms with Crippen LogP contribution in [0.3, 0.4) is 0 Å². The molecule has 0 unspecified atom stereocenters. The Morgan fingerprint density at radius 2 is 1.41 bits per heavy atom. The van der Waals surface area contributed by atoms with Crippen LogP contribution >= 0.6 is 12.4 Å². The summed E-state index contributed by atoms with van der Waals surface area (Å²) in [4.78, 5) is 1.98. The van der Waals surface area contributed by atoms with Gasteiger partial charge in [-0.05, 0) is 37.9 Å². The van der Waals surface area contributed by atoms with Crippen LogP contribution in [0.2, 0.25) is 0 Å². The Morgan fingerprint density at radius 1 is 0.828 bits per heavy atom. The second-order valence-electron chi connectivity index (χ2n) is 7.63. The van der Waals surface area contributed by atoms with Crippen molar-refractivity contribution in [3.05, 3.63) is 60.2 Å². The van der Waals surface area contributed by atoms with Crippen LogP contribution in [0.5, 0.6) is 0 Å². The molecule has 1 N–H and O–H groups in total. The lowest BCUT2D eigenvalue weighted by molar-refractivity contribution is -0.148. The van der Waals surface area contributed by atoms with Crippen molar-refractivity contribution in [2.24, 2.45) is 0 Å². The van der Waals surface area contributed by atoms with Crippen molar-refractivity contribution in [2.45, 2.75) is 18.6 Å². The smallest absolute Gasteiger partial charge is 0.314 e. The molecule has 4 aromatic rings. The monoisotopic (exact) mass is 418 g/mol. The molecular weight excluding hydrogens is 397 g/mol. The van der Waals surface area contributed by atoms with Gasteiger partial charge in [0.25, 0.3) is 0 Å². The number of alkyl halides is 3. The number of piperazine rings is 1. The molecule has 1 aliphatic heterocycles. The second kappa shape index (κ2) is 7.63. The number of hydrogen-bond donors (Lipinski definition) is 1. The fraction of sp³-hybridized carbons (Fsp3) is 0.304. The molecule has 152 valence electrons. The van der Waals surface area contributed by atoms with Gasteiger partial charge in [0.05, 0.1) is 6.42 Å². The van der Waals surface area contributed by atoms with Gasteiger partial charge in [-0.1, -0.05) is 54.6 Å². The first-order valence-corrected chi connectivity index (χ1v) is 9.69. The Morgan fingerprint density at radius 3 is 2.07 bits per heavy atom. The zero-order chi connectivity index (χ0) is 19.3. The number of benzene rings is 4. The number of hydrogen-bond acceptors (Lipinski definition) is 2. The molecular formula is C23H22ClF3N2. The van der Waals surface area contributed by atoms with Gasteiger partial charge >= 0.3 is 6.18 Å². The molecule has 0 saturated carbocycles. The van der Waals surface area contributed by atoms with E-state index in [-0.39, 0.29) is 12.4 Å². The largest absolute Gasteiger partial charge is 0.390 e. The summed E-state index contributed by atoms with van der Waals surface area (Å²) in [5.74, 6) is 0. The van der Waals surface area contributed by atoms with E-state index in [0.717, 1.165) is 51.0 Å². The highest BCUT2D eigenvalue weighted by atomic mass is 35.5. The fourth-order valence-electron chi connectivity index (χ4n) is 4.70. The predicted octanol–water partition coefficient (Wildman–Crippen LogP) is 5.90. The number of halogens is 4. The summed E-state index contributed by atoms with van der Waals surface area (Å²) >= 11 is 0. The van der Waals surface area contributed by atoms with Crippen LogP contribution in [0.15, 0.2) is 54.6 Å². The normalized spacial score (nSPS) is 17.1. The lowest BCUT2D eigenvalue weighted by Gasteiger charge is -2.36. The Labute approximate surface area is 173 Å². The number of nitrogens with zero attached hydrogens (tertiary/aromatic N) is 1. The molecule has 1 aliphatic rings. The topological polar surface area (TPSA) is 15.3 Å². The number of nitrogens with one attached hydrogen (secondary N) is 1. The van der Waals surface area contributed by atoms with Crippen molar-refractivity contribution in [2.75, 3.05) is 26.2 Å². The zero-order valence-corrected chi connectivity index (χ0v) is 16.6. The van der Waals surface area contributed by atoms with Crippen LogP contribution in [0, 0.1) is 0 Å². The van der Waals surface area contributed by atoms with Gasteiger partial charge in [0.2, 0.25) is 0 Å².